The van der Waals surface area contributed by atoms with E-state index in [2.05, 4.69) is 0 Å². The summed E-state index contributed by atoms with van der Waals surface area (Å²) >= 11 is 0. The molecule has 2 atom stereocenters. The number of phenols is 2. The lowest BCUT2D eigenvalue weighted by Gasteiger charge is -2.22. The van der Waals surface area contributed by atoms with Crippen LogP contribution in [0.5, 0.6) is 17.2 Å². The van der Waals surface area contributed by atoms with Gasteiger partial charge in [-0.3, -0.25) is 4.79 Å². The predicted octanol–water partition coefficient (Wildman–Crippen LogP) is 2.24. The molecule has 2 unspecified atom stereocenters. The van der Waals surface area contributed by atoms with E-state index < -0.39 is 36.5 Å². The van der Waals surface area contributed by atoms with Gasteiger partial charge in [0.1, 0.15) is 5.75 Å². The Balaban J connectivity index is 2.03. The van der Waals surface area contributed by atoms with E-state index in [-0.39, 0.29) is 17.2 Å². The highest BCUT2D eigenvalue weighted by Crippen LogP contribution is 2.26. The summed E-state index contributed by atoms with van der Waals surface area (Å²) in [7, 11) is 1.38. The molecule has 0 aliphatic heterocycles. The summed E-state index contributed by atoms with van der Waals surface area (Å²) in [5.74, 6) is -2.19. The molecular weight excluding hydrogens is 432 g/mol. The number of carbonyl (C=O) groups excluding carboxylic acids is 3. The molecule has 2 rings (SSSR count). The zero-order valence-corrected chi connectivity index (χ0v) is 18.0. The van der Waals surface area contributed by atoms with Crippen LogP contribution in [0.2, 0.25) is 0 Å². The van der Waals surface area contributed by atoms with Crippen molar-refractivity contribution in [1.29, 1.82) is 0 Å². The molecule has 9 nitrogen and oxygen atoms in total. The first-order chi connectivity index (χ1) is 15.7. The Hall–Kier alpha value is -4.11. The van der Waals surface area contributed by atoms with Gasteiger partial charge in [0.15, 0.2) is 29.5 Å². The predicted molar refractivity (Wildman–Crippen MR) is 118 cm³/mol. The third-order valence-electron chi connectivity index (χ3n) is 4.35. The lowest BCUT2D eigenvalue weighted by molar-refractivity contribution is -0.168. The summed E-state index contributed by atoms with van der Waals surface area (Å²) in [5, 5.41) is 28.5. The Bertz CT molecular complexity index is 1040. The van der Waals surface area contributed by atoms with Crippen molar-refractivity contribution >= 4 is 29.9 Å². The van der Waals surface area contributed by atoms with Gasteiger partial charge >= 0.3 is 11.9 Å². The first-order valence-electron chi connectivity index (χ1n) is 9.78. The fourth-order valence-electron chi connectivity index (χ4n) is 2.68. The highest BCUT2D eigenvalue weighted by atomic mass is 16.6. The van der Waals surface area contributed by atoms with E-state index in [1.807, 2.05) is 0 Å². The second-order valence-electron chi connectivity index (χ2n) is 6.82. The highest BCUT2D eigenvalue weighted by Gasteiger charge is 2.31. The molecule has 33 heavy (non-hydrogen) atoms. The van der Waals surface area contributed by atoms with Gasteiger partial charge in [-0.1, -0.05) is 18.2 Å². The molecule has 0 heterocycles. The molecule has 0 aromatic heterocycles. The molecule has 9 heteroatoms. The number of Topliss-reactive ketones (excluding diaryl/α,β-unsaturated/α-hetero) is 1. The number of phenolic OH excluding ortho intramolecular Hbond substituents is 2. The van der Waals surface area contributed by atoms with Gasteiger partial charge in [-0.25, -0.2) is 9.59 Å². The van der Waals surface area contributed by atoms with Crippen molar-refractivity contribution in [3.63, 3.8) is 0 Å². The number of aliphatic hydroxyl groups excluding tert-OH is 1. The maximum absolute atomic E-state index is 12.2. The Morgan fingerprint density at radius 1 is 0.909 bits per heavy atom. The van der Waals surface area contributed by atoms with E-state index in [9.17, 15) is 29.7 Å². The molecule has 0 fully saturated rings. The second-order valence-corrected chi connectivity index (χ2v) is 6.82. The monoisotopic (exact) mass is 456 g/mol. The minimum absolute atomic E-state index is 0.0686. The average Bonchev–Trinajstić information content (AvgIpc) is 2.80. The molecule has 0 aliphatic carbocycles. The molecule has 0 amide bonds. The molecule has 0 spiro atoms. The SMILES string of the molecule is COc1cc(C=CC(=O)OC(C(C)=O)C(CO)OC(=O)C=Cc2ccc(O)cc2)ccc1O. The van der Waals surface area contributed by atoms with Gasteiger partial charge in [0, 0.05) is 12.2 Å². The summed E-state index contributed by atoms with van der Waals surface area (Å²) in [6.07, 6.45) is 1.98. The van der Waals surface area contributed by atoms with Crippen LogP contribution < -0.4 is 4.74 Å². The number of esters is 2. The zero-order valence-electron chi connectivity index (χ0n) is 18.0. The van der Waals surface area contributed by atoms with Gasteiger partial charge in [0.25, 0.3) is 0 Å². The number of methoxy groups -OCH3 is 1. The standard InChI is InChI=1S/C24H24O9/c1-15(26)24(33-23(30)12-7-17-5-10-19(28)20(13-17)31-2)21(14-25)32-22(29)11-6-16-3-8-18(27)9-4-16/h3-13,21,24-25,27-28H,14H2,1-2H3. The summed E-state index contributed by atoms with van der Waals surface area (Å²) in [6, 6.07) is 10.4. The maximum Gasteiger partial charge on any atom is 0.331 e. The number of aromatic hydroxyl groups is 2. The van der Waals surface area contributed by atoms with Crippen molar-refractivity contribution in [1.82, 2.24) is 0 Å². The van der Waals surface area contributed by atoms with Gasteiger partial charge in [0.05, 0.1) is 13.7 Å². The van der Waals surface area contributed by atoms with Gasteiger partial charge in [-0.05, 0) is 54.5 Å². The molecule has 2 aromatic rings. The highest BCUT2D eigenvalue weighted by molar-refractivity contribution is 5.91. The first-order valence-corrected chi connectivity index (χ1v) is 9.78. The van der Waals surface area contributed by atoms with Gasteiger partial charge in [0.2, 0.25) is 0 Å². The second kappa shape index (κ2) is 12.1. The molecule has 0 bridgehead atoms. The smallest absolute Gasteiger partial charge is 0.331 e. The van der Waals surface area contributed by atoms with Crippen molar-refractivity contribution in [2.75, 3.05) is 13.7 Å². The van der Waals surface area contributed by atoms with Crippen LogP contribution in [-0.2, 0) is 23.9 Å². The molecule has 174 valence electrons. The van der Waals surface area contributed by atoms with Crippen LogP contribution in [0.25, 0.3) is 12.2 Å². The number of benzene rings is 2. The molecule has 2 aromatic carbocycles. The molecular formula is C24H24O9. The van der Waals surface area contributed by atoms with E-state index in [0.717, 1.165) is 19.1 Å². The van der Waals surface area contributed by atoms with Gasteiger partial charge < -0.3 is 29.5 Å². The lowest BCUT2D eigenvalue weighted by atomic mass is 10.1. The van der Waals surface area contributed by atoms with E-state index >= 15 is 0 Å². The minimum atomic E-state index is -1.52. The molecule has 3 N–H and O–H groups in total. The van der Waals surface area contributed by atoms with Gasteiger partial charge in [-0.2, -0.15) is 0 Å². The number of hydrogen-bond donors (Lipinski definition) is 3. The zero-order chi connectivity index (χ0) is 24.4. The van der Waals surface area contributed by atoms with E-state index in [4.69, 9.17) is 14.2 Å². The average molecular weight is 456 g/mol. The Labute approximate surface area is 190 Å². The van der Waals surface area contributed by atoms with Crippen LogP contribution in [0.15, 0.2) is 54.6 Å². The quantitative estimate of drug-likeness (QED) is 0.363. The van der Waals surface area contributed by atoms with E-state index in [1.54, 1.807) is 12.1 Å². The Kier molecular flexibility index (Phi) is 9.19. The van der Waals surface area contributed by atoms with Crippen LogP contribution in [0, 0.1) is 0 Å². The fourth-order valence-corrected chi connectivity index (χ4v) is 2.68. The number of rotatable bonds is 10. The van der Waals surface area contributed by atoms with Crippen LogP contribution in [0.1, 0.15) is 18.1 Å². The fraction of sp³-hybridized carbons (Fsp3) is 0.208. The van der Waals surface area contributed by atoms with E-state index in [0.29, 0.717) is 11.1 Å². The van der Waals surface area contributed by atoms with Crippen molar-refractivity contribution in [3.05, 3.63) is 65.7 Å². The number of carbonyl (C=O) groups is 3. The van der Waals surface area contributed by atoms with Crippen molar-refractivity contribution in [2.45, 2.75) is 19.1 Å². The van der Waals surface area contributed by atoms with Crippen LogP contribution in [0.4, 0.5) is 0 Å². The molecule has 0 radical (unpaired) electrons. The number of ether oxygens (including phenoxy) is 3. The van der Waals surface area contributed by atoms with Crippen LogP contribution >= 0.6 is 0 Å². The third-order valence-corrected chi connectivity index (χ3v) is 4.35. The number of ketones is 1. The summed E-state index contributed by atoms with van der Waals surface area (Å²) < 4.78 is 15.2. The Morgan fingerprint density at radius 3 is 2.06 bits per heavy atom. The summed E-state index contributed by atoms with van der Waals surface area (Å²) in [5.41, 5.74) is 1.13. The molecule has 0 saturated heterocycles. The molecule has 0 aliphatic rings. The minimum Gasteiger partial charge on any atom is -0.508 e. The normalized spacial score (nSPS) is 12.9. The first kappa shape index (κ1) is 25.2. The van der Waals surface area contributed by atoms with Crippen LogP contribution in [-0.4, -0.2) is 59.0 Å². The largest absolute Gasteiger partial charge is 0.508 e. The lowest BCUT2D eigenvalue weighted by Crippen LogP contribution is -2.42. The number of hydrogen-bond acceptors (Lipinski definition) is 9. The van der Waals surface area contributed by atoms with Crippen molar-refractivity contribution in [3.8, 4) is 17.2 Å². The Morgan fingerprint density at radius 2 is 1.48 bits per heavy atom. The maximum atomic E-state index is 12.2. The van der Waals surface area contributed by atoms with Crippen LogP contribution in [0.3, 0.4) is 0 Å². The summed E-state index contributed by atoms with van der Waals surface area (Å²) in [4.78, 5) is 36.3. The molecule has 0 saturated carbocycles. The van der Waals surface area contributed by atoms with Gasteiger partial charge in [-0.15, -0.1) is 0 Å². The van der Waals surface area contributed by atoms with E-state index in [1.165, 1.54) is 49.6 Å². The summed E-state index contributed by atoms with van der Waals surface area (Å²) in [6.45, 7) is 0.379. The van der Waals surface area contributed by atoms with Crippen molar-refractivity contribution < 1.29 is 43.9 Å². The van der Waals surface area contributed by atoms with Crippen molar-refractivity contribution in [2.24, 2.45) is 0 Å². The topological polar surface area (TPSA) is 140 Å². The number of aliphatic hydroxyl groups is 1. The third kappa shape index (κ3) is 7.82.